The molecule has 0 spiro atoms. The van der Waals surface area contributed by atoms with E-state index in [4.69, 9.17) is 15.7 Å². The Bertz CT molecular complexity index is 389. The summed E-state index contributed by atoms with van der Waals surface area (Å²) >= 11 is 0. The van der Waals surface area contributed by atoms with E-state index in [1.807, 2.05) is 0 Å². The molecule has 0 aromatic carbocycles. The van der Waals surface area contributed by atoms with Crippen molar-refractivity contribution in [1.29, 1.82) is 5.26 Å². The number of morpholine rings is 1. The Morgan fingerprint density at radius 2 is 2.00 bits per heavy atom. The summed E-state index contributed by atoms with van der Waals surface area (Å²) in [5, 5.41) is 8.74. The van der Waals surface area contributed by atoms with Gasteiger partial charge in [0, 0.05) is 18.8 Å². The summed E-state index contributed by atoms with van der Waals surface area (Å²) in [7, 11) is 0. The van der Waals surface area contributed by atoms with Gasteiger partial charge in [-0.15, -0.1) is 0 Å². The quantitative estimate of drug-likeness (QED) is 0.530. The first-order valence-electron chi connectivity index (χ1n) is 5.31. The van der Waals surface area contributed by atoms with E-state index in [2.05, 4.69) is 0 Å². The Morgan fingerprint density at radius 1 is 1.41 bits per heavy atom. The van der Waals surface area contributed by atoms with E-state index in [9.17, 15) is 9.59 Å². The van der Waals surface area contributed by atoms with E-state index < -0.39 is 5.78 Å². The first kappa shape index (κ1) is 13.2. The molecule has 2 N–H and O–H groups in total. The number of allylic oxidation sites excluding steroid dienone is 1. The van der Waals surface area contributed by atoms with Crippen LogP contribution in [0.25, 0.3) is 0 Å². The summed E-state index contributed by atoms with van der Waals surface area (Å²) in [4.78, 5) is 24.5. The summed E-state index contributed by atoms with van der Waals surface area (Å²) in [5.41, 5.74) is 5.50. The first-order valence-corrected chi connectivity index (χ1v) is 5.31. The third-order valence-electron chi connectivity index (χ3n) is 2.49. The van der Waals surface area contributed by atoms with Gasteiger partial charge in [-0.2, -0.15) is 5.26 Å². The highest BCUT2D eigenvalue weighted by atomic mass is 16.5. The average molecular weight is 237 g/mol. The first-order chi connectivity index (χ1) is 8.06. The standard InChI is InChI=1S/C11H15N3O3/c1-8(15)9(7-12)10(13)6-11(16)14-2-4-17-5-3-14/h2-6,13H2,1H3. The molecule has 17 heavy (non-hydrogen) atoms. The zero-order chi connectivity index (χ0) is 12.8. The smallest absolute Gasteiger partial charge is 0.228 e. The van der Waals surface area contributed by atoms with Crippen LogP contribution in [0.3, 0.4) is 0 Å². The Morgan fingerprint density at radius 3 is 2.47 bits per heavy atom. The van der Waals surface area contributed by atoms with Gasteiger partial charge < -0.3 is 15.4 Å². The van der Waals surface area contributed by atoms with Gasteiger partial charge in [0.1, 0.15) is 11.6 Å². The van der Waals surface area contributed by atoms with Gasteiger partial charge in [-0.1, -0.05) is 0 Å². The fourth-order valence-corrected chi connectivity index (χ4v) is 1.55. The number of nitrogens with zero attached hydrogens (tertiary/aromatic N) is 2. The molecule has 92 valence electrons. The molecule has 0 aliphatic carbocycles. The van der Waals surface area contributed by atoms with E-state index in [-0.39, 0.29) is 23.6 Å². The lowest BCUT2D eigenvalue weighted by Crippen LogP contribution is -2.41. The minimum atomic E-state index is -0.417. The summed E-state index contributed by atoms with van der Waals surface area (Å²) in [6, 6.07) is 1.72. The number of carbonyl (C=O) groups excluding carboxylic acids is 2. The zero-order valence-electron chi connectivity index (χ0n) is 9.73. The normalized spacial score (nSPS) is 17.1. The van der Waals surface area contributed by atoms with E-state index in [0.717, 1.165) is 0 Å². The van der Waals surface area contributed by atoms with Gasteiger partial charge in [0.15, 0.2) is 5.78 Å². The highest BCUT2D eigenvalue weighted by molar-refractivity contribution is 5.98. The Labute approximate surface area is 99.6 Å². The van der Waals surface area contributed by atoms with E-state index >= 15 is 0 Å². The fraction of sp³-hybridized carbons (Fsp3) is 0.545. The minimum absolute atomic E-state index is 0.0384. The predicted molar refractivity (Wildman–Crippen MR) is 59.5 cm³/mol. The van der Waals surface area contributed by atoms with E-state index in [1.165, 1.54) is 6.92 Å². The molecular formula is C11H15N3O3. The molecule has 6 heteroatoms. The van der Waals surface area contributed by atoms with Gasteiger partial charge in [-0.3, -0.25) is 9.59 Å². The number of nitrogens with two attached hydrogens (primary N) is 1. The minimum Gasteiger partial charge on any atom is -0.400 e. The molecule has 0 aromatic rings. The van der Waals surface area contributed by atoms with Crippen molar-refractivity contribution in [3.63, 3.8) is 0 Å². The monoisotopic (exact) mass is 237 g/mol. The van der Waals surface area contributed by atoms with Crippen LogP contribution in [-0.2, 0) is 14.3 Å². The van der Waals surface area contributed by atoms with Gasteiger partial charge in [0.2, 0.25) is 5.91 Å². The van der Waals surface area contributed by atoms with Crippen molar-refractivity contribution in [1.82, 2.24) is 4.90 Å². The SMILES string of the molecule is CC(=O)C(C#N)=C(N)CC(=O)N1CCOCC1. The molecule has 0 radical (unpaired) electrons. The Balaban J connectivity index is 2.67. The molecule has 6 nitrogen and oxygen atoms in total. The molecule has 1 amide bonds. The van der Waals surface area contributed by atoms with Crippen LogP contribution < -0.4 is 5.73 Å². The van der Waals surface area contributed by atoms with E-state index in [0.29, 0.717) is 26.3 Å². The number of Topliss-reactive ketones (excluding diaryl/α,β-unsaturated/α-hetero) is 1. The second kappa shape index (κ2) is 6.01. The van der Waals surface area contributed by atoms with Crippen molar-refractivity contribution in [3.8, 4) is 6.07 Å². The summed E-state index contributed by atoms with van der Waals surface area (Å²) in [5.74, 6) is -0.598. The number of nitriles is 1. The maximum absolute atomic E-state index is 11.8. The topological polar surface area (TPSA) is 96.4 Å². The van der Waals surface area contributed by atoms with Gasteiger partial charge in [-0.05, 0) is 6.92 Å². The van der Waals surface area contributed by atoms with Crippen LogP contribution in [0.1, 0.15) is 13.3 Å². The number of hydrogen-bond acceptors (Lipinski definition) is 5. The van der Waals surface area contributed by atoms with Gasteiger partial charge in [-0.25, -0.2) is 0 Å². The van der Waals surface area contributed by atoms with Crippen molar-refractivity contribution in [3.05, 3.63) is 11.3 Å². The van der Waals surface area contributed by atoms with Gasteiger partial charge >= 0.3 is 0 Å². The molecule has 0 unspecified atom stereocenters. The molecule has 0 bridgehead atoms. The number of rotatable bonds is 3. The summed E-state index contributed by atoms with van der Waals surface area (Å²) in [6.07, 6.45) is -0.0948. The lowest BCUT2D eigenvalue weighted by atomic mass is 10.1. The fourth-order valence-electron chi connectivity index (χ4n) is 1.55. The molecular weight excluding hydrogens is 222 g/mol. The second-order valence-electron chi connectivity index (χ2n) is 3.74. The summed E-state index contributed by atoms with van der Waals surface area (Å²) < 4.78 is 5.12. The van der Waals surface area contributed by atoms with Crippen molar-refractivity contribution in [2.75, 3.05) is 26.3 Å². The lowest BCUT2D eigenvalue weighted by Gasteiger charge is -2.26. The molecule has 1 fully saturated rings. The second-order valence-corrected chi connectivity index (χ2v) is 3.74. The van der Waals surface area contributed by atoms with Crippen LogP contribution in [0.5, 0.6) is 0 Å². The van der Waals surface area contributed by atoms with Crippen LogP contribution in [0.4, 0.5) is 0 Å². The number of amides is 1. The lowest BCUT2D eigenvalue weighted by molar-refractivity contribution is -0.134. The van der Waals surface area contributed by atoms with Gasteiger partial charge in [0.05, 0.1) is 19.6 Å². The van der Waals surface area contributed by atoms with Crippen LogP contribution in [0, 0.1) is 11.3 Å². The van der Waals surface area contributed by atoms with Crippen molar-refractivity contribution >= 4 is 11.7 Å². The number of hydrogen-bond donors (Lipinski definition) is 1. The third kappa shape index (κ3) is 3.57. The molecule has 1 aliphatic rings. The van der Waals surface area contributed by atoms with Gasteiger partial charge in [0.25, 0.3) is 0 Å². The number of ether oxygens (including phenoxy) is 1. The number of ketones is 1. The molecule has 0 saturated carbocycles. The average Bonchev–Trinajstić information content (AvgIpc) is 2.30. The molecule has 1 rings (SSSR count). The maximum atomic E-state index is 11.8. The molecule has 0 atom stereocenters. The van der Waals surface area contributed by atoms with Crippen molar-refractivity contribution in [2.24, 2.45) is 5.73 Å². The highest BCUT2D eigenvalue weighted by Crippen LogP contribution is 2.08. The predicted octanol–water partition coefficient (Wildman–Crippen LogP) is -0.439. The van der Waals surface area contributed by atoms with Crippen LogP contribution >= 0.6 is 0 Å². The number of carbonyl (C=O) groups is 2. The zero-order valence-corrected chi connectivity index (χ0v) is 9.73. The molecule has 0 aromatic heterocycles. The molecule has 1 aliphatic heterocycles. The van der Waals surface area contributed by atoms with Crippen LogP contribution in [0.15, 0.2) is 11.3 Å². The van der Waals surface area contributed by atoms with Crippen molar-refractivity contribution in [2.45, 2.75) is 13.3 Å². The molecule has 1 heterocycles. The Kier molecular flexibility index (Phi) is 4.67. The summed E-state index contributed by atoms with van der Waals surface area (Å²) in [6.45, 7) is 3.31. The van der Waals surface area contributed by atoms with E-state index in [1.54, 1.807) is 11.0 Å². The van der Waals surface area contributed by atoms with Crippen molar-refractivity contribution < 1.29 is 14.3 Å². The maximum Gasteiger partial charge on any atom is 0.228 e. The third-order valence-corrected chi connectivity index (χ3v) is 2.49. The molecule has 1 saturated heterocycles. The van der Waals surface area contributed by atoms with Crippen LogP contribution in [0.2, 0.25) is 0 Å². The largest absolute Gasteiger partial charge is 0.400 e. The Hall–Kier alpha value is -1.87. The highest BCUT2D eigenvalue weighted by Gasteiger charge is 2.19. The van der Waals surface area contributed by atoms with Crippen LogP contribution in [-0.4, -0.2) is 42.9 Å².